The quantitative estimate of drug-likeness (QED) is 0.891. The molecule has 1 aromatic heterocycles. The van der Waals surface area contributed by atoms with E-state index in [2.05, 4.69) is 21.4 Å². The van der Waals surface area contributed by atoms with Crippen molar-refractivity contribution in [2.24, 2.45) is 0 Å². The van der Waals surface area contributed by atoms with Crippen LogP contribution in [0.15, 0.2) is 18.5 Å². The van der Waals surface area contributed by atoms with Gasteiger partial charge in [-0.25, -0.2) is 4.98 Å². The van der Waals surface area contributed by atoms with Gasteiger partial charge < -0.3 is 19.8 Å². The fourth-order valence-electron chi connectivity index (χ4n) is 3.05. The van der Waals surface area contributed by atoms with Crippen molar-refractivity contribution in [1.82, 2.24) is 15.3 Å². The highest BCUT2D eigenvalue weighted by molar-refractivity contribution is 5.52. The van der Waals surface area contributed by atoms with Crippen LogP contribution < -0.4 is 14.8 Å². The molecule has 118 valence electrons. The third kappa shape index (κ3) is 2.57. The summed E-state index contributed by atoms with van der Waals surface area (Å²) in [6, 6.07) is 4.18. The molecule has 1 aliphatic heterocycles. The zero-order valence-electron chi connectivity index (χ0n) is 13.4. The molecule has 1 atom stereocenters. The van der Waals surface area contributed by atoms with Gasteiger partial charge in [0.05, 0.1) is 31.3 Å². The number of rotatable bonds is 5. The van der Waals surface area contributed by atoms with E-state index in [4.69, 9.17) is 9.47 Å². The predicted molar refractivity (Wildman–Crippen MR) is 85.7 cm³/mol. The van der Waals surface area contributed by atoms with E-state index in [-0.39, 0.29) is 6.04 Å². The number of hydrogen-bond donors (Lipinski definition) is 2. The molecule has 22 heavy (non-hydrogen) atoms. The van der Waals surface area contributed by atoms with Gasteiger partial charge in [0.15, 0.2) is 0 Å². The predicted octanol–water partition coefficient (Wildman–Crippen LogP) is 2.75. The van der Waals surface area contributed by atoms with Crippen LogP contribution in [0.2, 0.25) is 0 Å². The van der Waals surface area contributed by atoms with Gasteiger partial charge in [-0.2, -0.15) is 0 Å². The molecule has 0 saturated carbocycles. The molecule has 3 rings (SSSR count). The molecule has 0 aliphatic carbocycles. The minimum atomic E-state index is 0.0610. The van der Waals surface area contributed by atoms with Gasteiger partial charge in [-0.05, 0) is 32.9 Å². The first kappa shape index (κ1) is 14.9. The number of fused-ring (bicyclic) bond motifs is 1. The zero-order valence-corrected chi connectivity index (χ0v) is 13.4. The Bertz CT molecular complexity index is 651. The second kappa shape index (κ2) is 6.40. The Morgan fingerprint density at radius 1 is 1.23 bits per heavy atom. The van der Waals surface area contributed by atoms with Crippen LogP contribution in [0.25, 0.3) is 0 Å². The van der Waals surface area contributed by atoms with Crippen molar-refractivity contribution in [3.63, 3.8) is 0 Å². The van der Waals surface area contributed by atoms with Gasteiger partial charge in [0.2, 0.25) is 0 Å². The van der Waals surface area contributed by atoms with Crippen LogP contribution in [-0.2, 0) is 6.42 Å². The first-order chi connectivity index (χ1) is 10.8. The highest BCUT2D eigenvalue weighted by Gasteiger charge is 2.27. The summed E-state index contributed by atoms with van der Waals surface area (Å²) in [5.74, 6) is 1.79. The number of hydrogen-bond acceptors (Lipinski definition) is 4. The molecule has 2 aromatic rings. The molecular formula is C17H23N3O2. The lowest BCUT2D eigenvalue weighted by Gasteiger charge is -2.26. The molecule has 0 radical (unpaired) electrons. The molecule has 0 fully saturated rings. The van der Waals surface area contributed by atoms with Gasteiger partial charge in [0.1, 0.15) is 11.5 Å². The third-order valence-corrected chi connectivity index (χ3v) is 4.03. The molecule has 2 N–H and O–H groups in total. The van der Waals surface area contributed by atoms with E-state index in [1.165, 1.54) is 5.69 Å². The fraction of sp³-hybridized carbons (Fsp3) is 0.471. The van der Waals surface area contributed by atoms with Crippen molar-refractivity contribution in [3.8, 4) is 11.5 Å². The topological polar surface area (TPSA) is 59.2 Å². The second-order valence-electron chi connectivity index (χ2n) is 5.38. The third-order valence-electron chi connectivity index (χ3n) is 4.03. The maximum atomic E-state index is 5.94. The van der Waals surface area contributed by atoms with Crippen molar-refractivity contribution < 1.29 is 9.47 Å². The lowest BCUT2D eigenvalue weighted by Crippen LogP contribution is -2.31. The molecule has 0 amide bonds. The molecule has 0 bridgehead atoms. The number of nitrogens with zero attached hydrogens (tertiary/aromatic N) is 1. The first-order valence-corrected chi connectivity index (χ1v) is 7.90. The normalized spacial score (nSPS) is 17.1. The molecule has 5 nitrogen and oxygen atoms in total. The van der Waals surface area contributed by atoms with Crippen molar-refractivity contribution in [2.45, 2.75) is 33.2 Å². The smallest absolute Gasteiger partial charge is 0.131 e. The number of aromatic amines is 1. The Morgan fingerprint density at radius 2 is 2.05 bits per heavy atom. The van der Waals surface area contributed by atoms with Gasteiger partial charge in [-0.15, -0.1) is 0 Å². The Morgan fingerprint density at radius 3 is 2.82 bits per heavy atom. The largest absolute Gasteiger partial charge is 0.493 e. The number of imidazole rings is 1. The lowest BCUT2D eigenvalue weighted by molar-refractivity contribution is 0.314. The summed E-state index contributed by atoms with van der Waals surface area (Å²) in [6.07, 6.45) is 2.75. The summed E-state index contributed by atoms with van der Waals surface area (Å²) in [7, 11) is 0. The summed E-state index contributed by atoms with van der Waals surface area (Å²) in [4.78, 5) is 7.74. The van der Waals surface area contributed by atoms with Crippen LogP contribution >= 0.6 is 0 Å². The van der Waals surface area contributed by atoms with Gasteiger partial charge >= 0.3 is 0 Å². The first-order valence-electron chi connectivity index (χ1n) is 7.90. The van der Waals surface area contributed by atoms with E-state index in [1.807, 2.05) is 26.8 Å². The van der Waals surface area contributed by atoms with E-state index in [0.717, 1.165) is 41.3 Å². The van der Waals surface area contributed by atoms with Crippen LogP contribution in [0.1, 0.15) is 42.4 Å². The van der Waals surface area contributed by atoms with Crippen LogP contribution in [-0.4, -0.2) is 29.7 Å². The van der Waals surface area contributed by atoms with Gasteiger partial charge in [-0.1, -0.05) is 0 Å². The molecular weight excluding hydrogens is 278 g/mol. The fourth-order valence-corrected chi connectivity index (χ4v) is 3.05. The molecule has 0 spiro atoms. The molecule has 2 heterocycles. The van der Waals surface area contributed by atoms with Crippen molar-refractivity contribution in [2.75, 3.05) is 19.8 Å². The number of ether oxygens (including phenoxy) is 2. The second-order valence-corrected chi connectivity index (χ2v) is 5.38. The van der Waals surface area contributed by atoms with Gasteiger partial charge in [0, 0.05) is 29.8 Å². The van der Waals surface area contributed by atoms with E-state index in [1.54, 1.807) is 6.33 Å². The number of nitrogens with one attached hydrogen (secondary N) is 2. The molecule has 0 unspecified atom stereocenters. The summed E-state index contributed by atoms with van der Waals surface area (Å²) in [6.45, 7) is 8.25. The van der Waals surface area contributed by atoms with Crippen molar-refractivity contribution in [1.29, 1.82) is 0 Å². The van der Waals surface area contributed by atoms with Crippen LogP contribution in [0, 0.1) is 6.92 Å². The van der Waals surface area contributed by atoms with Crippen LogP contribution in [0.4, 0.5) is 0 Å². The average Bonchev–Trinajstić information content (AvgIpc) is 3.00. The molecule has 1 aliphatic rings. The summed E-state index contributed by atoms with van der Waals surface area (Å²) in [5.41, 5.74) is 4.44. The van der Waals surface area contributed by atoms with E-state index in [0.29, 0.717) is 13.2 Å². The number of aromatic nitrogens is 2. The minimum absolute atomic E-state index is 0.0610. The van der Waals surface area contributed by atoms with Gasteiger partial charge in [0.25, 0.3) is 0 Å². The standard InChI is InChI=1S/C17H23N3O2/c1-4-21-14-7-6-12(17(11(14)3)22-5-2)15-16-13(8-9-18-15)19-10-20-16/h6-7,10,15,18H,4-5,8-9H2,1-3H3,(H,19,20)/t15-/m1/s1. The van der Waals surface area contributed by atoms with Crippen molar-refractivity contribution >= 4 is 0 Å². The Balaban J connectivity index is 2.06. The zero-order chi connectivity index (χ0) is 15.5. The van der Waals surface area contributed by atoms with Crippen molar-refractivity contribution in [3.05, 3.63) is 41.0 Å². The van der Waals surface area contributed by atoms with Crippen LogP contribution in [0.3, 0.4) is 0 Å². The van der Waals surface area contributed by atoms with Gasteiger partial charge in [-0.3, -0.25) is 0 Å². The molecule has 0 saturated heterocycles. The lowest BCUT2D eigenvalue weighted by atomic mass is 9.95. The van der Waals surface area contributed by atoms with E-state index < -0.39 is 0 Å². The monoisotopic (exact) mass is 301 g/mol. The summed E-state index contributed by atoms with van der Waals surface area (Å²) >= 11 is 0. The number of benzene rings is 1. The Kier molecular flexibility index (Phi) is 4.34. The maximum absolute atomic E-state index is 5.94. The maximum Gasteiger partial charge on any atom is 0.131 e. The highest BCUT2D eigenvalue weighted by atomic mass is 16.5. The Hall–Kier alpha value is -2.01. The van der Waals surface area contributed by atoms with Crippen LogP contribution in [0.5, 0.6) is 11.5 Å². The highest BCUT2D eigenvalue weighted by Crippen LogP contribution is 2.38. The molecule has 1 aromatic carbocycles. The SMILES string of the molecule is CCOc1ccc([C@H]2NCCc3[nH]cnc32)c(OCC)c1C. The summed E-state index contributed by atoms with van der Waals surface area (Å²) in [5, 5.41) is 3.55. The average molecular weight is 301 g/mol. The summed E-state index contributed by atoms with van der Waals surface area (Å²) < 4.78 is 11.6. The van der Waals surface area contributed by atoms with E-state index in [9.17, 15) is 0 Å². The molecule has 5 heteroatoms. The minimum Gasteiger partial charge on any atom is -0.493 e. The Labute approximate surface area is 131 Å². The number of H-pyrrole nitrogens is 1. The van der Waals surface area contributed by atoms with E-state index >= 15 is 0 Å².